The fourth-order valence-corrected chi connectivity index (χ4v) is 2.32. The number of ether oxygens (including phenoxy) is 1. The number of para-hydroxylation sites is 1. The molecule has 1 aromatic heterocycles. The second-order valence-corrected chi connectivity index (χ2v) is 4.89. The summed E-state index contributed by atoms with van der Waals surface area (Å²) in [5.41, 5.74) is 2.41. The third-order valence-electron chi connectivity index (χ3n) is 3.41. The number of imidazole rings is 1. The van der Waals surface area contributed by atoms with Gasteiger partial charge in [0.1, 0.15) is 11.3 Å². The van der Waals surface area contributed by atoms with Crippen LogP contribution in [0.25, 0.3) is 22.4 Å². The average Bonchev–Trinajstić information content (AvgIpc) is 2.99. The molecule has 0 atom stereocenters. The highest BCUT2D eigenvalue weighted by molar-refractivity contribution is 6.01. The van der Waals surface area contributed by atoms with E-state index in [1.165, 1.54) is 6.07 Å². The maximum atomic E-state index is 11.6. The first-order valence-electron chi connectivity index (χ1n) is 7.09. The highest BCUT2D eigenvalue weighted by Crippen LogP contribution is 2.23. The van der Waals surface area contributed by atoms with Crippen molar-refractivity contribution in [3.05, 3.63) is 53.6 Å². The molecule has 6 nitrogen and oxygen atoms in total. The van der Waals surface area contributed by atoms with E-state index in [0.29, 0.717) is 29.0 Å². The number of H-pyrrole nitrogens is 1. The van der Waals surface area contributed by atoms with Crippen LogP contribution in [0.3, 0.4) is 0 Å². The molecule has 0 saturated carbocycles. The molecule has 0 fully saturated rings. The molecule has 0 bridgehead atoms. The normalized spacial score (nSPS) is 10.7. The number of nitrogens with one attached hydrogen (secondary N) is 1. The zero-order valence-electron chi connectivity index (χ0n) is 12.4. The third kappa shape index (κ3) is 2.78. The summed E-state index contributed by atoms with van der Waals surface area (Å²) in [6.45, 7) is 2.07. The number of aromatic carboxylic acids is 1. The lowest BCUT2D eigenvalue weighted by atomic mass is 10.1. The Morgan fingerprint density at radius 1 is 1.17 bits per heavy atom. The van der Waals surface area contributed by atoms with Crippen molar-refractivity contribution >= 4 is 23.0 Å². The zero-order valence-corrected chi connectivity index (χ0v) is 12.4. The maximum absolute atomic E-state index is 11.6. The third-order valence-corrected chi connectivity index (χ3v) is 3.41. The number of hydrogen-bond donors (Lipinski definition) is 2. The Bertz CT molecular complexity index is 881. The molecule has 0 radical (unpaired) electrons. The predicted octanol–water partition coefficient (Wildman–Crippen LogP) is 3.10. The van der Waals surface area contributed by atoms with Gasteiger partial charge in [-0.3, -0.25) is 0 Å². The Balaban J connectivity index is 1.99. The van der Waals surface area contributed by atoms with Crippen molar-refractivity contribution in [3.63, 3.8) is 0 Å². The lowest BCUT2D eigenvalue weighted by molar-refractivity contribution is 0.0526. The molecule has 116 valence electrons. The van der Waals surface area contributed by atoms with E-state index >= 15 is 0 Å². The molecule has 1 heterocycles. The van der Waals surface area contributed by atoms with E-state index in [2.05, 4.69) is 9.97 Å². The molecular weight excluding hydrogens is 296 g/mol. The molecule has 23 heavy (non-hydrogen) atoms. The number of esters is 1. The van der Waals surface area contributed by atoms with Gasteiger partial charge < -0.3 is 14.8 Å². The van der Waals surface area contributed by atoms with Crippen molar-refractivity contribution in [1.82, 2.24) is 9.97 Å². The molecule has 0 aliphatic carbocycles. The van der Waals surface area contributed by atoms with Crippen molar-refractivity contribution in [3.8, 4) is 11.4 Å². The molecule has 0 spiro atoms. The van der Waals surface area contributed by atoms with Gasteiger partial charge in [-0.2, -0.15) is 0 Å². The van der Waals surface area contributed by atoms with Crippen molar-refractivity contribution in [1.29, 1.82) is 0 Å². The van der Waals surface area contributed by atoms with E-state index in [1.807, 2.05) is 0 Å². The minimum atomic E-state index is -1.02. The van der Waals surface area contributed by atoms with Crippen LogP contribution >= 0.6 is 0 Å². The monoisotopic (exact) mass is 310 g/mol. The molecule has 3 aromatic rings. The van der Waals surface area contributed by atoms with Gasteiger partial charge in [0.25, 0.3) is 0 Å². The van der Waals surface area contributed by atoms with Crippen molar-refractivity contribution in [2.45, 2.75) is 6.92 Å². The van der Waals surface area contributed by atoms with E-state index < -0.39 is 5.97 Å². The van der Waals surface area contributed by atoms with Gasteiger partial charge in [-0.25, -0.2) is 14.6 Å². The van der Waals surface area contributed by atoms with Gasteiger partial charge in [0.2, 0.25) is 0 Å². The Hall–Kier alpha value is -3.15. The van der Waals surface area contributed by atoms with Gasteiger partial charge in [-0.05, 0) is 31.2 Å². The Kier molecular flexibility index (Phi) is 3.80. The van der Waals surface area contributed by atoms with Crippen LogP contribution in [0.2, 0.25) is 0 Å². The van der Waals surface area contributed by atoms with Crippen molar-refractivity contribution < 1.29 is 19.4 Å². The maximum Gasteiger partial charge on any atom is 0.338 e. The minimum Gasteiger partial charge on any atom is -0.478 e. The second-order valence-electron chi connectivity index (χ2n) is 4.89. The van der Waals surface area contributed by atoms with E-state index in [-0.39, 0.29) is 11.5 Å². The molecule has 2 N–H and O–H groups in total. The van der Waals surface area contributed by atoms with Gasteiger partial charge in [-0.1, -0.05) is 18.2 Å². The molecular formula is C17H14N2O4. The predicted molar refractivity (Wildman–Crippen MR) is 84.4 cm³/mol. The van der Waals surface area contributed by atoms with Crippen molar-refractivity contribution in [2.75, 3.05) is 6.61 Å². The summed E-state index contributed by atoms with van der Waals surface area (Å²) in [6.07, 6.45) is 0. The Morgan fingerprint density at radius 2 is 1.91 bits per heavy atom. The summed E-state index contributed by atoms with van der Waals surface area (Å²) in [6, 6.07) is 11.7. The van der Waals surface area contributed by atoms with Crippen LogP contribution in [0, 0.1) is 0 Å². The molecule has 2 aromatic carbocycles. The van der Waals surface area contributed by atoms with Gasteiger partial charge in [0.05, 0.1) is 23.3 Å². The van der Waals surface area contributed by atoms with E-state index in [1.54, 1.807) is 43.3 Å². The molecule has 6 heteroatoms. The van der Waals surface area contributed by atoms with Gasteiger partial charge in [0, 0.05) is 5.56 Å². The number of rotatable bonds is 4. The van der Waals surface area contributed by atoms with E-state index in [0.717, 1.165) is 5.56 Å². The average molecular weight is 310 g/mol. The zero-order chi connectivity index (χ0) is 16.4. The molecule has 0 saturated heterocycles. The number of carboxylic acid groups (broad SMARTS) is 1. The largest absolute Gasteiger partial charge is 0.478 e. The lowest BCUT2D eigenvalue weighted by Gasteiger charge is -2.02. The summed E-state index contributed by atoms with van der Waals surface area (Å²) in [4.78, 5) is 30.3. The SMILES string of the molecule is CCOC(=O)c1ccc(-c2nc3c(C(=O)O)cccc3[nH]2)cc1. The standard InChI is InChI=1S/C17H14N2O4/c1-2-23-17(22)11-8-6-10(7-9-11)15-18-13-5-3-4-12(16(20)21)14(13)19-15/h3-9H,2H2,1H3,(H,18,19)(H,20,21). The number of nitrogens with zero attached hydrogens (tertiary/aromatic N) is 1. The fourth-order valence-electron chi connectivity index (χ4n) is 2.32. The number of aromatic nitrogens is 2. The number of fused-ring (bicyclic) bond motifs is 1. The smallest absolute Gasteiger partial charge is 0.338 e. The van der Waals surface area contributed by atoms with Crippen LogP contribution in [-0.4, -0.2) is 33.6 Å². The number of carbonyl (C=O) groups is 2. The summed E-state index contributed by atoms with van der Waals surface area (Å²) in [5, 5.41) is 9.21. The van der Waals surface area contributed by atoms with Crippen LogP contribution in [0.5, 0.6) is 0 Å². The molecule has 3 rings (SSSR count). The first-order chi connectivity index (χ1) is 11.1. The lowest BCUT2D eigenvalue weighted by Crippen LogP contribution is -2.04. The van der Waals surface area contributed by atoms with E-state index in [4.69, 9.17) is 4.74 Å². The molecule has 0 unspecified atom stereocenters. The van der Waals surface area contributed by atoms with E-state index in [9.17, 15) is 14.7 Å². The van der Waals surface area contributed by atoms with Gasteiger partial charge in [-0.15, -0.1) is 0 Å². The fraction of sp³-hybridized carbons (Fsp3) is 0.118. The quantitative estimate of drug-likeness (QED) is 0.722. The topological polar surface area (TPSA) is 92.3 Å². The molecule has 0 aliphatic rings. The number of carbonyl (C=O) groups excluding carboxylic acids is 1. The first-order valence-corrected chi connectivity index (χ1v) is 7.09. The van der Waals surface area contributed by atoms with Gasteiger partial charge in [0.15, 0.2) is 0 Å². The van der Waals surface area contributed by atoms with Crippen molar-refractivity contribution in [2.24, 2.45) is 0 Å². The van der Waals surface area contributed by atoms with Crippen LogP contribution < -0.4 is 0 Å². The molecule has 0 aliphatic heterocycles. The minimum absolute atomic E-state index is 0.146. The first kappa shape index (κ1) is 14.8. The number of carboxylic acids is 1. The number of hydrogen-bond acceptors (Lipinski definition) is 4. The Morgan fingerprint density at radius 3 is 2.57 bits per heavy atom. The number of aromatic amines is 1. The van der Waals surface area contributed by atoms with Crippen LogP contribution in [0.15, 0.2) is 42.5 Å². The van der Waals surface area contributed by atoms with Crippen LogP contribution in [0.1, 0.15) is 27.6 Å². The summed E-state index contributed by atoms with van der Waals surface area (Å²) >= 11 is 0. The molecule has 0 amide bonds. The highest BCUT2D eigenvalue weighted by Gasteiger charge is 2.14. The number of benzene rings is 2. The van der Waals surface area contributed by atoms with Gasteiger partial charge >= 0.3 is 11.9 Å². The Labute approximate surface area is 131 Å². The highest BCUT2D eigenvalue weighted by atomic mass is 16.5. The summed E-state index contributed by atoms with van der Waals surface area (Å²) < 4.78 is 4.94. The van der Waals surface area contributed by atoms with Crippen LogP contribution in [-0.2, 0) is 4.74 Å². The second kappa shape index (κ2) is 5.92. The summed E-state index contributed by atoms with van der Waals surface area (Å²) in [5.74, 6) is -0.854. The van der Waals surface area contributed by atoms with Crippen LogP contribution in [0.4, 0.5) is 0 Å². The summed E-state index contributed by atoms with van der Waals surface area (Å²) in [7, 11) is 0.